The topological polar surface area (TPSA) is 24.1 Å². The lowest BCUT2D eigenvalue weighted by molar-refractivity contribution is 0.180. The molecule has 0 spiro atoms. The predicted molar refractivity (Wildman–Crippen MR) is 81.3 cm³/mol. The van der Waals surface area contributed by atoms with E-state index < -0.39 is 0 Å². The molecule has 0 amide bonds. The van der Waals surface area contributed by atoms with Crippen LogP contribution in [0.2, 0.25) is 0 Å². The maximum absolute atomic E-state index is 3.95. The summed E-state index contributed by atoms with van der Waals surface area (Å²) in [4.78, 5) is 0. The fourth-order valence-electron chi connectivity index (χ4n) is 4.36. The second kappa shape index (κ2) is 5.73. The van der Waals surface area contributed by atoms with Gasteiger partial charge in [0.15, 0.2) is 0 Å². The minimum Gasteiger partial charge on any atom is -0.314 e. The summed E-state index contributed by atoms with van der Waals surface area (Å²) in [5.41, 5.74) is 0.625. The first-order valence-corrected chi connectivity index (χ1v) is 8.63. The zero-order valence-electron chi connectivity index (χ0n) is 12.9. The number of nitrogens with one attached hydrogen (secondary N) is 2. The van der Waals surface area contributed by atoms with E-state index in [0.29, 0.717) is 5.41 Å². The standard InChI is InChI=1S/C17H32N2/c1-17(2)11-13(17)12-19-16-8-4-3-7-14(16)15-9-5-6-10-18-15/h13-16,18-19H,3-12H2,1-2H3. The molecule has 2 saturated carbocycles. The monoisotopic (exact) mass is 264 g/mol. The lowest BCUT2D eigenvalue weighted by atomic mass is 9.77. The molecule has 2 aliphatic carbocycles. The van der Waals surface area contributed by atoms with Crippen LogP contribution in [0.3, 0.4) is 0 Å². The van der Waals surface area contributed by atoms with Crippen LogP contribution in [0, 0.1) is 17.3 Å². The highest BCUT2D eigenvalue weighted by molar-refractivity contribution is 4.98. The van der Waals surface area contributed by atoms with E-state index in [-0.39, 0.29) is 0 Å². The van der Waals surface area contributed by atoms with Gasteiger partial charge in [0.05, 0.1) is 0 Å². The third kappa shape index (κ3) is 3.33. The maximum atomic E-state index is 3.95. The predicted octanol–water partition coefficient (Wildman–Crippen LogP) is 3.32. The largest absolute Gasteiger partial charge is 0.314 e. The van der Waals surface area contributed by atoms with Crippen LogP contribution < -0.4 is 10.6 Å². The summed E-state index contributed by atoms with van der Waals surface area (Å²) in [6.45, 7) is 7.35. The second-order valence-electron chi connectivity index (χ2n) is 7.91. The Morgan fingerprint density at radius 3 is 2.47 bits per heavy atom. The van der Waals surface area contributed by atoms with Gasteiger partial charge in [-0.15, -0.1) is 0 Å². The van der Waals surface area contributed by atoms with E-state index in [1.165, 1.54) is 64.5 Å². The summed E-state index contributed by atoms with van der Waals surface area (Å²) in [6, 6.07) is 1.60. The van der Waals surface area contributed by atoms with Crippen molar-refractivity contribution in [1.29, 1.82) is 0 Å². The van der Waals surface area contributed by atoms with E-state index in [9.17, 15) is 0 Å². The van der Waals surface area contributed by atoms with Gasteiger partial charge in [-0.3, -0.25) is 0 Å². The molecule has 0 bridgehead atoms. The van der Waals surface area contributed by atoms with E-state index in [2.05, 4.69) is 24.5 Å². The smallest absolute Gasteiger partial charge is 0.0110 e. The highest BCUT2D eigenvalue weighted by Crippen LogP contribution is 2.51. The molecule has 2 heteroatoms. The third-order valence-electron chi connectivity index (χ3n) is 6.03. The Morgan fingerprint density at radius 2 is 1.79 bits per heavy atom. The highest BCUT2D eigenvalue weighted by Gasteiger charge is 2.45. The molecule has 0 radical (unpaired) electrons. The van der Waals surface area contributed by atoms with Gasteiger partial charge in [0.25, 0.3) is 0 Å². The van der Waals surface area contributed by atoms with E-state index in [1.54, 1.807) is 0 Å². The van der Waals surface area contributed by atoms with Gasteiger partial charge < -0.3 is 10.6 Å². The van der Waals surface area contributed by atoms with Gasteiger partial charge in [0, 0.05) is 12.1 Å². The lowest BCUT2D eigenvalue weighted by Crippen LogP contribution is -2.51. The van der Waals surface area contributed by atoms with Crippen molar-refractivity contribution < 1.29 is 0 Å². The molecular weight excluding hydrogens is 232 g/mol. The van der Waals surface area contributed by atoms with Crippen LogP contribution in [0.15, 0.2) is 0 Å². The van der Waals surface area contributed by atoms with Crippen LogP contribution >= 0.6 is 0 Å². The molecule has 4 unspecified atom stereocenters. The van der Waals surface area contributed by atoms with Crippen molar-refractivity contribution in [1.82, 2.24) is 10.6 Å². The molecule has 1 heterocycles. The highest BCUT2D eigenvalue weighted by atomic mass is 15.0. The lowest BCUT2D eigenvalue weighted by Gasteiger charge is -2.40. The Balaban J connectivity index is 1.51. The van der Waals surface area contributed by atoms with Crippen molar-refractivity contribution in [2.45, 2.75) is 77.3 Å². The summed E-state index contributed by atoms with van der Waals surface area (Å²) in [6.07, 6.45) is 11.4. The Labute approximate surface area is 119 Å². The van der Waals surface area contributed by atoms with Gasteiger partial charge in [0.2, 0.25) is 0 Å². The number of hydrogen-bond acceptors (Lipinski definition) is 2. The summed E-state index contributed by atoms with van der Waals surface area (Å²) in [5.74, 6) is 1.84. The van der Waals surface area contributed by atoms with Gasteiger partial charge >= 0.3 is 0 Å². The molecule has 1 aliphatic heterocycles. The Hall–Kier alpha value is -0.0800. The van der Waals surface area contributed by atoms with Crippen LogP contribution in [0.5, 0.6) is 0 Å². The minimum absolute atomic E-state index is 0.625. The van der Waals surface area contributed by atoms with Gasteiger partial charge in [-0.25, -0.2) is 0 Å². The van der Waals surface area contributed by atoms with Crippen molar-refractivity contribution in [3.63, 3.8) is 0 Å². The molecule has 1 saturated heterocycles. The average Bonchev–Trinajstić information content (AvgIpc) is 3.05. The van der Waals surface area contributed by atoms with Crippen molar-refractivity contribution in [3.05, 3.63) is 0 Å². The van der Waals surface area contributed by atoms with E-state index >= 15 is 0 Å². The molecule has 3 aliphatic rings. The molecule has 19 heavy (non-hydrogen) atoms. The fraction of sp³-hybridized carbons (Fsp3) is 1.00. The van der Waals surface area contributed by atoms with E-state index in [1.807, 2.05) is 0 Å². The molecule has 0 aromatic carbocycles. The summed E-state index contributed by atoms with van der Waals surface area (Å²) in [5, 5.41) is 7.74. The molecular formula is C17H32N2. The van der Waals surface area contributed by atoms with Crippen LogP contribution in [-0.4, -0.2) is 25.2 Å². The molecule has 0 aromatic rings. The molecule has 3 fully saturated rings. The number of piperidine rings is 1. The maximum Gasteiger partial charge on any atom is 0.0110 e. The van der Waals surface area contributed by atoms with Gasteiger partial charge in [-0.1, -0.05) is 33.1 Å². The Morgan fingerprint density at radius 1 is 1.05 bits per heavy atom. The van der Waals surface area contributed by atoms with Crippen molar-refractivity contribution in [3.8, 4) is 0 Å². The van der Waals surface area contributed by atoms with Crippen molar-refractivity contribution >= 4 is 0 Å². The summed E-state index contributed by atoms with van der Waals surface area (Å²) < 4.78 is 0. The average molecular weight is 264 g/mol. The second-order valence-corrected chi connectivity index (χ2v) is 7.91. The summed E-state index contributed by atoms with van der Waals surface area (Å²) in [7, 11) is 0. The SMILES string of the molecule is CC1(C)CC1CNC1CCCCC1C1CCCCN1. The number of hydrogen-bond donors (Lipinski definition) is 2. The van der Waals surface area contributed by atoms with Crippen LogP contribution in [-0.2, 0) is 0 Å². The normalized spacial score (nSPS) is 42.0. The minimum atomic E-state index is 0.625. The van der Waals surface area contributed by atoms with Crippen LogP contribution in [0.4, 0.5) is 0 Å². The van der Waals surface area contributed by atoms with Crippen LogP contribution in [0.1, 0.15) is 65.2 Å². The summed E-state index contributed by atoms with van der Waals surface area (Å²) >= 11 is 0. The van der Waals surface area contributed by atoms with Crippen LogP contribution in [0.25, 0.3) is 0 Å². The first-order chi connectivity index (χ1) is 9.17. The zero-order valence-corrected chi connectivity index (χ0v) is 12.9. The van der Waals surface area contributed by atoms with E-state index in [0.717, 1.165) is 23.9 Å². The first-order valence-electron chi connectivity index (χ1n) is 8.63. The Bertz CT molecular complexity index is 294. The first kappa shape index (κ1) is 13.9. The molecule has 4 atom stereocenters. The van der Waals surface area contributed by atoms with Crippen molar-refractivity contribution in [2.75, 3.05) is 13.1 Å². The van der Waals surface area contributed by atoms with Gasteiger partial charge in [-0.2, -0.15) is 0 Å². The molecule has 3 rings (SSSR count). The fourth-order valence-corrected chi connectivity index (χ4v) is 4.36. The van der Waals surface area contributed by atoms with Crippen molar-refractivity contribution in [2.24, 2.45) is 17.3 Å². The quantitative estimate of drug-likeness (QED) is 0.814. The molecule has 110 valence electrons. The molecule has 2 nitrogen and oxygen atoms in total. The van der Waals surface area contributed by atoms with Gasteiger partial charge in [-0.05, 0) is 62.4 Å². The molecule has 2 N–H and O–H groups in total. The Kier molecular flexibility index (Phi) is 4.19. The molecule has 0 aromatic heterocycles. The number of rotatable bonds is 4. The van der Waals surface area contributed by atoms with E-state index in [4.69, 9.17) is 0 Å². The zero-order chi connectivity index (χ0) is 13.3. The third-order valence-corrected chi connectivity index (χ3v) is 6.03. The van der Waals surface area contributed by atoms with Gasteiger partial charge in [0.1, 0.15) is 0 Å².